The van der Waals surface area contributed by atoms with Gasteiger partial charge in [-0.05, 0) is 35.4 Å². The van der Waals surface area contributed by atoms with E-state index in [1.165, 1.54) is 29.1 Å². The molecule has 0 spiro atoms. The van der Waals surface area contributed by atoms with Crippen molar-refractivity contribution < 1.29 is 0 Å². The Morgan fingerprint density at radius 3 is 2.95 bits per heavy atom. The zero-order valence-corrected chi connectivity index (χ0v) is 12.4. The molecule has 0 saturated heterocycles. The number of pyridine rings is 1. The van der Waals surface area contributed by atoms with Crippen molar-refractivity contribution in [3.63, 3.8) is 0 Å². The van der Waals surface area contributed by atoms with Crippen LogP contribution >= 0.6 is 11.8 Å². The minimum atomic E-state index is 0.474. The van der Waals surface area contributed by atoms with Crippen LogP contribution in [0.3, 0.4) is 0 Å². The number of rotatable bonds is 4. The van der Waals surface area contributed by atoms with Crippen molar-refractivity contribution in [3.8, 4) is 0 Å². The fraction of sp³-hybridized carbons (Fsp3) is 0.353. The van der Waals surface area contributed by atoms with E-state index in [9.17, 15) is 0 Å². The Morgan fingerprint density at radius 2 is 2.05 bits per heavy atom. The predicted molar refractivity (Wildman–Crippen MR) is 86.2 cm³/mol. The molecule has 0 amide bonds. The molecule has 0 saturated carbocycles. The Hall–Kier alpha value is -1.32. The number of aromatic nitrogens is 1. The molecule has 0 fully saturated rings. The fourth-order valence-corrected chi connectivity index (χ4v) is 3.73. The predicted octanol–water partition coefficient (Wildman–Crippen LogP) is 3.24. The van der Waals surface area contributed by atoms with Crippen LogP contribution in [0.15, 0.2) is 48.7 Å². The van der Waals surface area contributed by atoms with Gasteiger partial charge < -0.3 is 5.32 Å². The molecule has 0 bridgehead atoms. The fourth-order valence-electron chi connectivity index (χ4n) is 2.66. The number of hydrogen-bond donors (Lipinski definition) is 1. The van der Waals surface area contributed by atoms with Crippen LogP contribution in [0.1, 0.15) is 22.9 Å². The van der Waals surface area contributed by atoms with Crippen molar-refractivity contribution in [1.82, 2.24) is 10.3 Å². The summed E-state index contributed by atoms with van der Waals surface area (Å²) >= 11 is 2.05. The van der Waals surface area contributed by atoms with E-state index in [4.69, 9.17) is 0 Å². The summed E-state index contributed by atoms with van der Waals surface area (Å²) in [6.07, 6.45) is 4.05. The second-order valence-electron chi connectivity index (χ2n) is 5.10. The maximum absolute atomic E-state index is 4.38. The maximum atomic E-state index is 4.38. The zero-order chi connectivity index (χ0) is 13.6. The summed E-state index contributed by atoms with van der Waals surface area (Å²) in [7, 11) is 0. The largest absolute Gasteiger partial charge is 0.309 e. The quantitative estimate of drug-likeness (QED) is 0.933. The third-order valence-electron chi connectivity index (χ3n) is 3.73. The lowest BCUT2D eigenvalue weighted by Gasteiger charge is -2.18. The van der Waals surface area contributed by atoms with Gasteiger partial charge in [0.25, 0.3) is 0 Å². The van der Waals surface area contributed by atoms with Gasteiger partial charge in [0, 0.05) is 36.7 Å². The molecule has 1 aliphatic heterocycles. The normalized spacial score (nSPS) is 18.3. The summed E-state index contributed by atoms with van der Waals surface area (Å²) < 4.78 is 0. The van der Waals surface area contributed by atoms with E-state index in [-0.39, 0.29) is 0 Å². The van der Waals surface area contributed by atoms with Crippen LogP contribution in [0, 0.1) is 0 Å². The van der Waals surface area contributed by atoms with Crippen LogP contribution in [0.4, 0.5) is 0 Å². The number of thioether (sulfide) groups is 1. The lowest BCUT2D eigenvalue weighted by molar-refractivity contribution is 0.579. The van der Waals surface area contributed by atoms with Gasteiger partial charge in [-0.25, -0.2) is 0 Å². The monoisotopic (exact) mass is 284 g/mol. The first-order chi connectivity index (χ1) is 9.93. The van der Waals surface area contributed by atoms with Crippen LogP contribution in [0.2, 0.25) is 0 Å². The first-order valence-corrected chi connectivity index (χ1v) is 8.38. The maximum Gasteiger partial charge on any atom is 0.0416 e. The first kappa shape index (κ1) is 13.7. The van der Waals surface area contributed by atoms with Crippen molar-refractivity contribution in [2.45, 2.75) is 18.9 Å². The summed E-state index contributed by atoms with van der Waals surface area (Å²) in [6, 6.07) is 15.4. The lowest BCUT2D eigenvalue weighted by atomic mass is 9.99. The van der Waals surface area contributed by atoms with E-state index in [1.54, 1.807) is 0 Å². The SMILES string of the molecule is c1ccc(CCN[C@@H]2CSCCc3ccccc32)nc1. The Balaban J connectivity index is 1.62. The molecule has 3 heteroatoms. The summed E-state index contributed by atoms with van der Waals surface area (Å²) in [5.74, 6) is 2.40. The summed E-state index contributed by atoms with van der Waals surface area (Å²) in [6.45, 7) is 0.983. The second kappa shape index (κ2) is 6.91. The van der Waals surface area contributed by atoms with Gasteiger partial charge in [-0.3, -0.25) is 4.98 Å². The topological polar surface area (TPSA) is 24.9 Å². The smallest absolute Gasteiger partial charge is 0.0416 e. The second-order valence-corrected chi connectivity index (χ2v) is 6.25. The molecule has 0 aliphatic carbocycles. The van der Waals surface area contributed by atoms with E-state index in [2.05, 4.69) is 46.7 Å². The Labute approximate surface area is 125 Å². The molecule has 1 aliphatic rings. The van der Waals surface area contributed by atoms with Crippen LogP contribution in [0.25, 0.3) is 0 Å². The number of nitrogens with one attached hydrogen (secondary N) is 1. The Bertz CT molecular complexity index is 542. The Kier molecular flexibility index (Phi) is 4.72. The minimum Gasteiger partial charge on any atom is -0.309 e. The highest BCUT2D eigenvalue weighted by molar-refractivity contribution is 7.99. The molecule has 20 heavy (non-hydrogen) atoms. The summed E-state index contributed by atoms with van der Waals surface area (Å²) in [5, 5.41) is 3.71. The van der Waals surface area contributed by atoms with Crippen molar-refractivity contribution in [2.75, 3.05) is 18.1 Å². The van der Waals surface area contributed by atoms with Crippen molar-refractivity contribution >= 4 is 11.8 Å². The third kappa shape index (κ3) is 3.41. The average Bonchev–Trinajstić information content (AvgIpc) is 2.71. The molecular weight excluding hydrogens is 264 g/mol. The van der Waals surface area contributed by atoms with Gasteiger partial charge in [0.1, 0.15) is 0 Å². The van der Waals surface area contributed by atoms with Gasteiger partial charge in [0.2, 0.25) is 0 Å². The molecule has 1 aromatic carbocycles. The molecule has 2 heterocycles. The first-order valence-electron chi connectivity index (χ1n) is 7.22. The van der Waals surface area contributed by atoms with Crippen LogP contribution in [-0.4, -0.2) is 23.0 Å². The standard InChI is InChI=1S/C17H20N2S/c1-2-7-16-14(5-1)9-12-20-13-17(16)19-11-8-15-6-3-4-10-18-15/h1-7,10,17,19H,8-9,11-13H2/t17-/m1/s1. The van der Waals surface area contributed by atoms with Crippen molar-refractivity contribution in [1.29, 1.82) is 0 Å². The van der Waals surface area contributed by atoms with Crippen molar-refractivity contribution in [2.24, 2.45) is 0 Å². The van der Waals surface area contributed by atoms with Gasteiger partial charge in [0.05, 0.1) is 0 Å². The highest BCUT2D eigenvalue weighted by Crippen LogP contribution is 2.27. The lowest BCUT2D eigenvalue weighted by Crippen LogP contribution is -2.26. The number of hydrogen-bond acceptors (Lipinski definition) is 3. The molecule has 1 N–H and O–H groups in total. The van der Waals surface area contributed by atoms with Crippen molar-refractivity contribution in [3.05, 3.63) is 65.5 Å². The van der Waals surface area contributed by atoms with E-state index in [0.29, 0.717) is 6.04 Å². The number of benzene rings is 1. The van der Waals surface area contributed by atoms with Crippen LogP contribution in [0.5, 0.6) is 0 Å². The average molecular weight is 284 g/mol. The van der Waals surface area contributed by atoms with Gasteiger partial charge in [-0.15, -0.1) is 0 Å². The van der Waals surface area contributed by atoms with E-state index >= 15 is 0 Å². The molecule has 104 valence electrons. The highest BCUT2D eigenvalue weighted by Gasteiger charge is 2.17. The van der Waals surface area contributed by atoms with E-state index in [1.807, 2.05) is 24.0 Å². The molecular formula is C17H20N2S. The number of fused-ring (bicyclic) bond motifs is 1. The third-order valence-corrected chi connectivity index (χ3v) is 4.79. The molecule has 1 atom stereocenters. The summed E-state index contributed by atoms with van der Waals surface area (Å²) in [5.41, 5.74) is 4.15. The zero-order valence-electron chi connectivity index (χ0n) is 11.6. The van der Waals surface area contributed by atoms with E-state index in [0.717, 1.165) is 18.7 Å². The van der Waals surface area contributed by atoms with Crippen LogP contribution < -0.4 is 5.32 Å². The van der Waals surface area contributed by atoms with Gasteiger partial charge in [-0.1, -0.05) is 30.3 Å². The van der Waals surface area contributed by atoms with E-state index < -0.39 is 0 Å². The Morgan fingerprint density at radius 1 is 1.15 bits per heavy atom. The molecule has 2 aromatic rings. The van der Waals surface area contributed by atoms with Gasteiger partial charge in [0.15, 0.2) is 0 Å². The molecule has 3 rings (SSSR count). The molecule has 0 unspecified atom stereocenters. The highest BCUT2D eigenvalue weighted by atomic mass is 32.2. The van der Waals surface area contributed by atoms with Crippen LogP contribution in [-0.2, 0) is 12.8 Å². The minimum absolute atomic E-state index is 0.474. The van der Waals surface area contributed by atoms with Gasteiger partial charge in [-0.2, -0.15) is 11.8 Å². The molecule has 1 aromatic heterocycles. The molecule has 2 nitrogen and oxygen atoms in total. The van der Waals surface area contributed by atoms with Gasteiger partial charge >= 0.3 is 0 Å². The summed E-state index contributed by atoms with van der Waals surface area (Å²) in [4.78, 5) is 4.38. The number of nitrogens with zero attached hydrogens (tertiary/aromatic N) is 1. The number of aryl methyl sites for hydroxylation is 1. The molecule has 0 radical (unpaired) electrons.